The van der Waals surface area contributed by atoms with E-state index in [1.54, 1.807) is 48.4 Å². The van der Waals surface area contributed by atoms with Crippen LogP contribution in [0.2, 0.25) is 0 Å². The number of aromatic amines is 1. The maximum Gasteiger partial charge on any atom is 0.259 e. The van der Waals surface area contributed by atoms with Crippen LogP contribution in [-0.4, -0.2) is 59.9 Å². The van der Waals surface area contributed by atoms with Gasteiger partial charge in [-0.1, -0.05) is 0 Å². The number of H-pyrrole nitrogens is 1. The van der Waals surface area contributed by atoms with Gasteiger partial charge in [0.1, 0.15) is 0 Å². The molecule has 4 aromatic heterocycles. The number of aromatic nitrogens is 5. The normalized spacial score (nSPS) is 15.1. The Hall–Kier alpha value is -4.38. The van der Waals surface area contributed by atoms with Gasteiger partial charge in [0.25, 0.3) is 5.91 Å². The Morgan fingerprint density at radius 2 is 1.97 bits per heavy atom. The van der Waals surface area contributed by atoms with Crippen molar-refractivity contribution in [2.24, 2.45) is 0 Å². The quantitative estimate of drug-likeness (QED) is 0.370. The minimum Gasteiger partial charge on any atom is -0.329 e. The molecule has 2 amide bonds. The molecule has 0 radical (unpaired) electrons. The molecule has 0 aliphatic carbocycles. The SMILES string of the molecule is Cc1ncc(NC(=O)CN2CCCC2(C)C)cc1NC(=O)c1cnn2cc(-c3cc[nH]c(=O)c3)ncc12. The van der Waals surface area contributed by atoms with Gasteiger partial charge in [-0.15, -0.1) is 0 Å². The number of anilines is 2. The smallest absolute Gasteiger partial charge is 0.259 e. The van der Waals surface area contributed by atoms with E-state index < -0.39 is 0 Å². The highest BCUT2D eigenvalue weighted by atomic mass is 16.2. The lowest BCUT2D eigenvalue weighted by Crippen LogP contribution is -2.42. The predicted octanol–water partition coefficient (Wildman–Crippen LogP) is 2.85. The minimum atomic E-state index is -0.382. The van der Waals surface area contributed by atoms with E-state index in [4.69, 9.17) is 0 Å². The van der Waals surface area contributed by atoms with Crippen LogP contribution >= 0.6 is 0 Å². The summed E-state index contributed by atoms with van der Waals surface area (Å²) in [5, 5.41) is 10.0. The highest BCUT2D eigenvalue weighted by Crippen LogP contribution is 2.28. The number of fused-ring (bicyclic) bond motifs is 1. The molecule has 0 saturated carbocycles. The minimum absolute atomic E-state index is 0.00463. The molecule has 1 aliphatic rings. The molecular weight excluding hydrogens is 472 g/mol. The molecule has 190 valence electrons. The van der Waals surface area contributed by atoms with E-state index in [0.717, 1.165) is 19.4 Å². The third-order valence-electron chi connectivity index (χ3n) is 6.75. The number of nitrogens with zero attached hydrogens (tertiary/aromatic N) is 5. The van der Waals surface area contributed by atoms with Crippen molar-refractivity contribution in [2.75, 3.05) is 23.7 Å². The van der Waals surface area contributed by atoms with Crippen LogP contribution in [0, 0.1) is 6.92 Å². The van der Waals surface area contributed by atoms with Crippen molar-refractivity contribution < 1.29 is 9.59 Å². The first-order valence-electron chi connectivity index (χ1n) is 12.0. The zero-order valence-corrected chi connectivity index (χ0v) is 20.9. The molecule has 0 bridgehead atoms. The molecule has 37 heavy (non-hydrogen) atoms. The second-order valence-electron chi connectivity index (χ2n) is 9.80. The van der Waals surface area contributed by atoms with Gasteiger partial charge in [-0.2, -0.15) is 5.10 Å². The van der Waals surface area contributed by atoms with Gasteiger partial charge >= 0.3 is 0 Å². The monoisotopic (exact) mass is 500 g/mol. The van der Waals surface area contributed by atoms with Crippen molar-refractivity contribution in [3.05, 3.63) is 70.8 Å². The molecule has 3 N–H and O–H groups in total. The van der Waals surface area contributed by atoms with Gasteiger partial charge in [-0.3, -0.25) is 29.3 Å². The third-order valence-corrected chi connectivity index (χ3v) is 6.75. The standard InChI is InChI=1S/C26H28N8O3/c1-16-20(10-18(11-28-16)31-24(36)15-33-8-4-6-26(33,2)3)32-25(37)19-12-30-34-14-21(29-13-22(19)34)17-5-7-27-23(35)9-17/h5,7,9-14H,4,6,8,15H2,1-3H3,(H,27,35)(H,31,36)(H,32,37). The Kier molecular flexibility index (Phi) is 6.30. The predicted molar refractivity (Wildman–Crippen MR) is 139 cm³/mol. The fraction of sp³-hybridized carbons (Fsp3) is 0.308. The Labute approximate surface area is 212 Å². The lowest BCUT2D eigenvalue weighted by atomic mass is 10.0. The fourth-order valence-corrected chi connectivity index (χ4v) is 4.56. The fourth-order valence-electron chi connectivity index (χ4n) is 4.56. The number of likely N-dealkylation sites (tertiary alicyclic amines) is 1. The summed E-state index contributed by atoms with van der Waals surface area (Å²) in [7, 11) is 0. The van der Waals surface area contributed by atoms with E-state index in [9.17, 15) is 14.4 Å². The zero-order chi connectivity index (χ0) is 26.2. The first-order valence-corrected chi connectivity index (χ1v) is 12.0. The summed E-state index contributed by atoms with van der Waals surface area (Å²) in [6, 6.07) is 4.88. The zero-order valence-electron chi connectivity index (χ0n) is 20.9. The summed E-state index contributed by atoms with van der Waals surface area (Å²) in [4.78, 5) is 50.9. The van der Waals surface area contributed by atoms with Crippen molar-refractivity contribution in [1.29, 1.82) is 0 Å². The largest absolute Gasteiger partial charge is 0.329 e. The summed E-state index contributed by atoms with van der Waals surface area (Å²) in [6.07, 6.45) is 9.93. The van der Waals surface area contributed by atoms with E-state index in [1.807, 2.05) is 0 Å². The van der Waals surface area contributed by atoms with E-state index in [-0.39, 0.29) is 22.9 Å². The van der Waals surface area contributed by atoms with Crippen LogP contribution in [0.4, 0.5) is 11.4 Å². The maximum absolute atomic E-state index is 13.1. The second-order valence-corrected chi connectivity index (χ2v) is 9.80. The number of hydrogen-bond acceptors (Lipinski definition) is 7. The number of rotatable bonds is 6. The van der Waals surface area contributed by atoms with Crippen LogP contribution in [0.1, 0.15) is 42.7 Å². The number of carbonyl (C=O) groups excluding carboxylic acids is 2. The van der Waals surface area contributed by atoms with Crippen molar-refractivity contribution in [1.82, 2.24) is 29.5 Å². The van der Waals surface area contributed by atoms with E-state index >= 15 is 0 Å². The molecule has 4 aromatic rings. The van der Waals surface area contributed by atoms with Crippen LogP contribution in [0.3, 0.4) is 0 Å². The Morgan fingerprint density at radius 3 is 2.73 bits per heavy atom. The lowest BCUT2D eigenvalue weighted by Gasteiger charge is -2.30. The lowest BCUT2D eigenvalue weighted by molar-refractivity contribution is -0.118. The number of carbonyl (C=O) groups is 2. The Bertz CT molecular complexity index is 1550. The van der Waals surface area contributed by atoms with Gasteiger partial charge < -0.3 is 15.6 Å². The molecule has 0 aromatic carbocycles. The van der Waals surface area contributed by atoms with Crippen LogP contribution in [0.25, 0.3) is 16.8 Å². The van der Waals surface area contributed by atoms with Gasteiger partial charge in [0, 0.05) is 23.4 Å². The van der Waals surface area contributed by atoms with E-state index in [2.05, 4.69) is 49.4 Å². The average molecular weight is 501 g/mol. The molecular formula is C26H28N8O3. The Balaban J connectivity index is 1.31. The van der Waals surface area contributed by atoms with Crippen LogP contribution in [0.15, 0.2) is 54.0 Å². The summed E-state index contributed by atoms with van der Waals surface area (Å²) in [6.45, 7) is 7.27. The van der Waals surface area contributed by atoms with Crippen molar-refractivity contribution >= 4 is 28.7 Å². The number of aryl methyl sites for hydroxylation is 1. The van der Waals surface area contributed by atoms with E-state index in [0.29, 0.717) is 46.0 Å². The molecule has 5 heterocycles. The topological polar surface area (TPSA) is 137 Å². The molecule has 0 spiro atoms. The van der Waals surface area contributed by atoms with Crippen molar-refractivity contribution in [3.63, 3.8) is 0 Å². The number of nitrogens with one attached hydrogen (secondary N) is 3. The van der Waals surface area contributed by atoms with Gasteiger partial charge in [0.2, 0.25) is 11.5 Å². The highest BCUT2D eigenvalue weighted by Gasteiger charge is 2.32. The summed E-state index contributed by atoms with van der Waals surface area (Å²) in [5.74, 6) is -0.504. The van der Waals surface area contributed by atoms with Gasteiger partial charge in [0.05, 0.1) is 65.2 Å². The van der Waals surface area contributed by atoms with Crippen LogP contribution in [-0.2, 0) is 4.79 Å². The van der Waals surface area contributed by atoms with E-state index in [1.165, 1.54) is 12.3 Å². The van der Waals surface area contributed by atoms with Crippen LogP contribution < -0.4 is 16.2 Å². The number of amides is 2. The summed E-state index contributed by atoms with van der Waals surface area (Å²) < 4.78 is 1.54. The Morgan fingerprint density at radius 1 is 1.14 bits per heavy atom. The molecule has 5 rings (SSSR count). The number of hydrogen-bond donors (Lipinski definition) is 3. The first-order chi connectivity index (χ1) is 17.7. The summed E-state index contributed by atoms with van der Waals surface area (Å²) in [5.41, 5.74) is 3.40. The molecule has 1 saturated heterocycles. The van der Waals surface area contributed by atoms with Crippen LogP contribution in [0.5, 0.6) is 0 Å². The highest BCUT2D eigenvalue weighted by molar-refractivity contribution is 6.09. The molecule has 0 atom stereocenters. The molecule has 1 fully saturated rings. The molecule has 1 aliphatic heterocycles. The first kappa shape index (κ1) is 24.3. The maximum atomic E-state index is 13.1. The van der Waals surface area contributed by atoms with Crippen molar-refractivity contribution in [3.8, 4) is 11.3 Å². The summed E-state index contributed by atoms with van der Waals surface area (Å²) >= 11 is 0. The number of pyridine rings is 2. The average Bonchev–Trinajstić information content (AvgIpc) is 3.43. The van der Waals surface area contributed by atoms with Gasteiger partial charge in [-0.25, -0.2) is 4.52 Å². The van der Waals surface area contributed by atoms with Gasteiger partial charge in [-0.05, 0) is 52.3 Å². The molecule has 11 heteroatoms. The second kappa shape index (κ2) is 9.58. The third kappa shape index (κ3) is 5.12. The molecule has 0 unspecified atom stereocenters. The van der Waals surface area contributed by atoms with Crippen molar-refractivity contribution in [2.45, 2.75) is 39.2 Å². The van der Waals surface area contributed by atoms with Gasteiger partial charge in [0.15, 0.2) is 0 Å². The molecule has 11 nitrogen and oxygen atoms in total.